The average Bonchev–Trinajstić information content (AvgIpc) is 2.61. The molecule has 0 saturated carbocycles. The highest BCUT2D eigenvalue weighted by Crippen LogP contribution is 2.42. The first-order valence-electron chi connectivity index (χ1n) is 9.46. The maximum atomic E-state index is 10.1. The zero-order valence-electron chi connectivity index (χ0n) is 16.6. The smallest absolute Gasteiger partial charge is 0.165 e. The molecule has 0 bridgehead atoms. The van der Waals surface area contributed by atoms with E-state index >= 15 is 0 Å². The molecule has 1 spiro atoms. The van der Waals surface area contributed by atoms with Gasteiger partial charge < -0.3 is 29.2 Å². The number of aliphatic hydroxyl groups excluding tert-OH is 2. The van der Waals surface area contributed by atoms with Crippen LogP contribution in [0.25, 0.3) is 0 Å². The van der Waals surface area contributed by atoms with E-state index in [1.165, 1.54) is 0 Å². The summed E-state index contributed by atoms with van der Waals surface area (Å²) in [6, 6.07) is 0. The zero-order valence-corrected chi connectivity index (χ0v) is 16.6. The lowest BCUT2D eigenvalue weighted by Gasteiger charge is -2.50. The van der Waals surface area contributed by atoms with Gasteiger partial charge in [-0.05, 0) is 26.7 Å². The van der Waals surface area contributed by atoms with E-state index in [1.807, 2.05) is 27.7 Å². The highest BCUT2D eigenvalue weighted by Gasteiger charge is 2.50. The van der Waals surface area contributed by atoms with Gasteiger partial charge in [0, 0.05) is 10.8 Å². The Balaban J connectivity index is 1.96. The lowest BCUT2D eigenvalue weighted by Crippen LogP contribution is -2.58. The van der Waals surface area contributed by atoms with Crippen LogP contribution in [0.15, 0.2) is 0 Å². The molecule has 2 fully saturated rings. The van der Waals surface area contributed by atoms with Crippen LogP contribution < -0.4 is 0 Å². The summed E-state index contributed by atoms with van der Waals surface area (Å²) in [5.41, 5.74) is -1.20. The zero-order chi connectivity index (χ0) is 18.9. The first kappa shape index (κ1) is 21.1. The van der Waals surface area contributed by atoms with Crippen molar-refractivity contribution in [3.63, 3.8) is 0 Å². The summed E-state index contributed by atoms with van der Waals surface area (Å²) < 4.78 is 24.0. The monoisotopic (exact) mass is 360 g/mol. The molecule has 2 rings (SSSR count). The second-order valence-corrected chi connectivity index (χ2v) is 8.48. The summed E-state index contributed by atoms with van der Waals surface area (Å²) in [7, 11) is 0. The number of ether oxygens (including phenoxy) is 4. The van der Waals surface area contributed by atoms with Crippen molar-refractivity contribution in [2.24, 2.45) is 16.2 Å². The van der Waals surface area contributed by atoms with Crippen LogP contribution in [0.5, 0.6) is 0 Å². The molecule has 6 nitrogen and oxygen atoms in total. The second-order valence-electron chi connectivity index (χ2n) is 8.48. The fraction of sp³-hybridized carbons (Fsp3) is 1.00. The third kappa shape index (κ3) is 3.89. The molecule has 4 atom stereocenters. The Bertz CT molecular complexity index is 380. The number of hydrogen-bond donors (Lipinski definition) is 2. The number of hydrogen-bond acceptors (Lipinski definition) is 6. The molecule has 0 aliphatic carbocycles. The van der Waals surface area contributed by atoms with Crippen molar-refractivity contribution in [1.82, 2.24) is 0 Å². The summed E-state index contributed by atoms with van der Waals surface area (Å²) in [4.78, 5) is 0. The van der Waals surface area contributed by atoms with Crippen LogP contribution in [0.4, 0.5) is 0 Å². The predicted molar refractivity (Wildman–Crippen MR) is 94.0 cm³/mol. The summed E-state index contributed by atoms with van der Waals surface area (Å²) >= 11 is 0. The van der Waals surface area contributed by atoms with E-state index in [0.29, 0.717) is 26.4 Å². The van der Waals surface area contributed by atoms with Crippen molar-refractivity contribution in [3.05, 3.63) is 0 Å². The van der Waals surface area contributed by atoms with Crippen LogP contribution in [0.1, 0.15) is 54.4 Å². The molecule has 0 amide bonds. The average molecular weight is 360 g/mol. The predicted octanol–water partition coefficient (Wildman–Crippen LogP) is 2.31. The minimum absolute atomic E-state index is 0.326. The van der Waals surface area contributed by atoms with Gasteiger partial charge in [0.05, 0.1) is 44.1 Å². The first-order chi connectivity index (χ1) is 11.6. The van der Waals surface area contributed by atoms with E-state index in [4.69, 9.17) is 18.9 Å². The Morgan fingerprint density at radius 3 is 1.28 bits per heavy atom. The van der Waals surface area contributed by atoms with E-state index < -0.39 is 35.6 Å². The van der Waals surface area contributed by atoms with Gasteiger partial charge in [-0.1, -0.05) is 27.7 Å². The Kier molecular flexibility index (Phi) is 6.56. The third-order valence-corrected chi connectivity index (χ3v) is 6.67. The summed E-state index contributed by atoms with van der Waals surface area (Å²) in [5.74, 6) is 0. The third-order valence-electron chi connectivity index (χ3n) is 6.67. The highest BCUT2D eigenvalue weighted by molar-refractivity contribution is 4.92. The summed E-state index contributed by atoms with van der Waals surface area (Å²) in [6.45, 7) is 13.5. The molecule has 0 radical (unpaired) electrons. The highest BCUT2D eigenvalue weighted by atomic mass is 16.7. The lowest BCUT2D eigenvalue weighted by molar-refractivity contribution is -0.346. The van der Waals surface area contributed by atoms with Crippen LogP contribution >= 0.6 is 0 Å². The standard InChI is InChI=1S/C19H36O6/c1-7-17(5,13(3)20)15-22-9-19(10-23-15)11-24-16(25-12-19)18(6,8-2)14(4)21/h13-16,20-21H,7-12H2,1-6H3. The first-order valence-corrected chi connectivity index (χ1v) is 9.46. The quantitative estimate of drug-likeness (QED) is 0.757. The molecule has 2 aliphatic heterocycles. The molecule has 2 N–H and O–H groups in total. The maximum Gasteiger partial charge on any atom is 0.165 e. The molecule has 2 saturated heterocycles. The van der Waals surface area contributed by atoms with E-state index in [-0.39, 0.29) is 5.41 Å². The molecule has 0 aromatic heterocycles. The Morgan fingerprint density at radius 2 is 1.08 bits per heavy atom. The van der Waals surface area contributed by atoms with Crippen molar-refractivity contribution in [2.45, 2.75) is 79.2 Å². The Hall–Kier alpha value is -0.240. The van der Waals surface area contributed by atoms with Crippen LogP contribution in [0.3, 0.4) is 0 Å². The number of aliphatic hydroxyl groups is 2. The lowest BCUT2D eigenvalue weighted by atomic mass is 9.79. The topological polar surface area (TPSA) is 77.4 Å². The van der Waals surface area contributed by atoms with Gasteiger partial charge in [-0.15, -0.1) is 0 Å². The van der Waals surface area contributed by atoms with E-state index in [9.17, 15) is 10.2 Å². The molecule has 25 heavy (non-hydrogen) atoms. The van der Waals surface area contributed by atoms with Gasteiger partial charge in [0.1, 0.15) is 0 Å². The normalized spacial score (nSPS) is 37.9. The summed E-state index contributed by atoms with van der Waals surface area (Å²) in [6.07, 6.45) is -0.369. The molecule has 4 unspecified atom stereocenters. The Morgan fingerprint density at radius 1 is 0.800 bits per heavy atom. The number of rotatable bonds is 6. The van der Waals surface area contributed by atoms with Crippen LogP contribution in [-0.4, -0.2) is 61.4 Å². The molecule has 148 valence electrons. The van der Waals surface area contributed by atoms with Crippen molar-refractivity contribution in [1.29, 1.82) is 0 Å². The van der Waals surface area contributed by atoms with Crippen molar-refractivity contribution >= 4 is 0 Å². The maximum absolute atomic E-state index is 10.1. The van der Waals surface area contributed by atoms with E-state index in [2.05, 4.69) is 0 Å². The van der Waals surface area contributed by atoms with Crippen LogP contribution in [0.2, 0.25) is 0 Å². The van der Waals surface area contributed by atoms with Gasteiger partial charge in [0.25, 0.3) is 0 Å². The molecular weight excluding hydrogens is 324 g/mol. The summed E-state index contributed by atoms with van der Waals surface area (Å²) in [5, 5.41) is 20.2. The van der Waals surface area contributed by atoms with E-state index in [0.717, 1.165) is 12.8 Å². The SMILES string of the molecule is CCC(C)(C(C)O)C1OCC2(CO1)COC(C(C)(CC)C(C)O)OC2. The molecule has 2 aliphatic rings. The Labute approximate surface area is 151 Å². The largest absolute Gasteiger partial charge is 0.393 e. The molecular formula is C19H36O6. The molecule has 0 aromatic rings. The van der Waals surface area contributed by atoms with Crippen LogP contribution in [-0.2, 0) is 18.9 Å². The van der Waals surface area contributed by atoms with Gasteiger partial charge >= 0.3 is 0 Å². The van der Waals surface area contributed by atoms with Gasteiger partial charge in [-0.2, -0.15) is 0 Å². The van der Waals surface area contributed by atoms with Gasteiger partial charge in [0.15, 0.2) is 12.6 Å². The van der Waals surface area contributed by atoms with Crippen molar-refractivity contribution in [3.8, 4) is 0 Å². The molecule has 6 heteroatoms. The fourth-order valence-electron chi connectivity index (χ4n) is 3.44. The van der Waals surface area contributed by atoms with E-state index in [1.54, 1.807) is 13.8 Å². The van der Waals surface area contributed by atoms with Gasteiger partial charge in [-0.25, -0.2) is 0 Å². The minimum atomic E-state index is -0.518. The van der Waals surface area contributed by atoms with Crippen LogP contribution in [0, 0.1) is 16.2 Å². The van der Waals surface area contributed by atoms with Gasteiger partial charge in [0.2, 0.25) is 0 Å². The van der Waals surface area contributed by atoms with Gasteiger partial charge in [-0.3, -0.25) is 0 Å². The van der Waals surface area contributed by atoms with Crippen molar-refractivity contribution < 1.29 is 29.2 Å². The van der Waals surface area contributed by atoms with Crippen molar-refractivity contribution in [2.75, 3.05) is 26.4 Å². The fourth-order valence-corrected chi connectivity index (χ4v) is 3.44. The minimum Gasteiger partial charge on any atom is -0.393 e. The molecule has 0 aromatic carbocycles. The second kappa shape index (κ2) is 7.79. The molecule has 2 heterocycles.